The minimum Gasteiger partial charge on any atom is -0.496 e. The summed E-state index contributed by atoms with van der Waals surface area (Å²) in [4.78, 5) is 11.0. The van der Waals surface area contributed by atoms with Crippen molar-refractivity contribution in [3.8, 4) is 5.75 Å². The summed E-state index contributed by atoms with van der Waals surface area (Å²) in [5.41, 5.74) is 0.922. The number of hydrogen-bond donors (Lipinski definition) is 1. The van der Waals surface area contributed by atoms with Crippen LogP contribution in [-0.2, 0) is 6.54 Å². The molecule has 0 aliphatic carbocycles. The van der Waals surface area contributed by atoms with Crippen LogP contribution in [-0.4, -0.2) is 41.7 Å². The van der Waals surface area contributed by atoms with Crippen molar-refractivity contribution < 1.29 is 4.74 Å². The molecule has 7 heteroatoms. The number of methoxy groups -OCH3 is 1. The van der Waals surface area contributed by atoms with E-state index in [-0.39, 0.29) is 0 Å². The van der Waals surface area contributed by atoms with Gasteiger partial charge in [0, 0.05) is 47.8 Å². The number of nitrogens with one attached hydrogen (secondary N) is 1. The molecular formula is C16H19ClN4OS. The van der Waals surface area contributed by atoms with Crippen LogP contribution in [0.15, 0.2) is 30.6 Å². The maximum Gasteiger partial charge on any atom is 0.134 e. The first-order valence-corrected chi connectivity index (χ1v) is 9.01. The van der Waals surface area contributed by atoms with Gasteiger partial charge in [-0.2, -0.15) is 11.8 Å². The molecule has 1 aromatic carbocycles. The molecule has 23 heavy (non-hydrogen) atoms. The van der Waals surface area contributed by atoms with Crippen LogP contribution in [0.3, 0.4) is 0 Å². The van der Waals surface area contributed by atoms with E-state index in [0.29, 0.717) is 11.6 Å². The van der Waals surface area contributed by atoms with Crippen LogP contribution < -0.4 is 15.0 Å². The van der Waals surface area contributed by atoms with Crippen molar-refractivity contribution in [3.05, 3.63) is 41.2 Å². The van der Waals surface area contributed by atoms with Crippen molar-refractivity contribution in [2.24, 2.45) is 0 Å². The van der Waals surface area contributed by atoms with E-state index in [1.807, 2.05) is 36.0 Å². The minimum atomic E-state index is 0.551. The Morgan fingerprint density at radius 1 is 1.30 bits per heavy atom. The number of thioether (sulfide) groups is 1. The third kappa shape index (κ3) is 4.00. The van der Waals surface area contributed by atoms with Crippen molar-refractivity contribution in [3.63, 3.8) is 0 Å². The molecule has 2 heterocycles. The van der Waals surface area contributed by atoms with Crippen LogP contribution in [0.5, 0.6) is 5.75 Å². The average molecular weight is 351 g/mol. The summed E-state index contributed by atoms with van der Waals surface area (Å²) in [6.07, 6.45) is 1.60. The highest BCUT2D eigenvalue weighted by atomic mass is 35.5. The van der Waals surface area contributed by atoms with E-state index in [2.05, 4.69) is 20.2 Å². The van der Waals surface area contributed by atoms with Gasteiger partial charge in [0.25, 0.3) is 0 Å². The smallest absolute Gasteiger partial charge is 0.134 e. The molecule has 0 radical (unpaired) electrons. The van der Waals surface area contributed by atoms with E-state index in [9.17, 15) is 0 Å². The first-order valence-electron chi connectivity index (χ1n) is 7.48. The zero-order valence-corrected chi connectivity index (χ0v) is 14.5. The lowest BCUT2D eigenvalue weighted by Gasteiger charge is -2.27. The Labute approximate surface area is 145 Å². The van der Waals surface area contributed by atoms with Crippen molar-refractivity contribution >= 4 is 35.0 Å². The number of rotatable bonds is 5. The standard InChI is InChI=1S/C16H19ClN4OS/c1-22-14-4-2-3-13(17)12(14)10-18-15-9-16(20-11-19-15)21-5-7-23-8-6-21/h2-4,9,11H,5-8,10H2,1H3,(H,18,19,20). The second-order valence-electron chi connectivity index (χ2n) is 5.14. The molecule has 3 rings (SSSR count). The number of anilines is 2. The number of halogens is 1. The molecule has 1 aliphatic rings. The van der Waals surface area contributed by atoms with Crippen molar-refractivity contribution in [1.82, 2.24) is 9.97 Å². The Morgan fingerprint density at radius 3 is 2.91 bits per heavy atom. The molecule has 0 bridgehead atoms. The third-order valence-electron chi connectivity index (χ3n) is 3.73. The summed E-state index contributed by atoms with van der Waals surface area (Å²) >= 11 is 8.25. The largest absolute Gasteiger partial charge is 0.496 e. The van der Waals surface area contributed by atoms with Gasteiger partial charge in [-0.1, -0.05) is 17.7 Å². The summed E-state index contributed by atoms with van der Waals surface area (Å²) in [7, 11) is 1.65. The Balaban J connectivity index is 1.71. The molecule has 5 nitrogen and oxygen atoms in total. The molecule has 1 aromatic heterocycles. The fourth-order valence-corrected chi connectivity index (χ4v) is 3.63. The molecule has 122 valence electrons. The molecule has 1 aliphatic heterocycles. The van der Waals surface area contributed by atoms with Crippen LogP contribution in [0.1, 0.15) is 5.56 Å². The van der Waals surface area contributed by atoms with Gasteiger partial charge < -0.3 is 15.0 Å². The number of ether oxygens (including phenoxy) is 1. The predicted molar refractivity (Wildman–Crippen MR) is 96.9 cm³/mol. The second-order valence-corrected chi connectivity index (χ2v) is 6.77. The average Bonchev–Trinajstić information content (AvgIpc) is 2.61. The molecule has 2 aromatic rings. The van der Waals surface area contributed by atoms with E-state index in [4.69, 9.17) is 16.3 Å². The van der Waals surface area contributed by atoms with Crippen LogP contribution in [0.25, 0.3) is 0 Å². The molecule has 0 amide bonds. The van der Waals surface area contributed by atoms with Crippen LogP contribution >= 0.6 is 23.4 Å². The SMILES string of the molecule is COc1cccc(Cl)c1CNc1cc(N2CCSCC2)ncn1. The molecule has 1 N–H and O–H groups in total. The summed E-state index contributed by atoms with van der Waals surface area (Å²) in [6, 6.07) is 7.62. The Kier molecular flexibility index (Phi) is 5.46. The summed E-state index contributed by atoms with van der Waals surface area (Å²) in [5, 5.41) is 3.99. The Hall–Kier alpha value is -1.66. The molecule has 0 unspecified atom stereocenters. The molecule has 0 spiro atoms. The number of benzene rings is 1. The van der Waals surface area contributed by atoms with E-state index >= 15 is 0 Å². The van der Waals surface area contributed by atoms with E-state index in [0.717, 1.165) is 47.5 Å². The Morgan fingerprint density at radius 2 is 2.13 bits per heavy atom. The highest BCUT2D eigenvalue weighted by Crippen LogP contribution is 2.27. The lowest BCUT2D eigenvalue weighted by atomic mass is 10.2. The van der Waals surface area contributed by atoms with Gasteiger partial charge in [0.2, 0.25) is 0 Å². The third-order valence-corrected chi connectivity index (χ3v) is 5.03. The number of aromatic nitrogens is 2. The lowest BCUT2D eigenvalue weighted by Crippen LogP contribution is -2.33. The van der Waals surface area contributed by atoms with Crippen LogP contribution in [0.2, 0.25) is 5.02 Å². The maximum atomic E-state index is 6.26. The van der Waals surface area contributed by atoms with Gasteiger partial charge in [-0.15, -0.1) is 0 Å². The fraction of sp³-hybridized carbons (Fsp3) is 0.375. The summed E-state index contributed by atoms with van der Waals surface area (Å²) in [5.74, 6) is 4.81. The first kappa shape index (κ1) is 16.2. The second kappa shape index (κ2) is 7.75. The molecule has 1 fully saturated rings. The predicted octanol–water partition coefficient (Wildman–Crippen LogP) is 3.30. The van der Waals surface area contributed by atoms with Crippen molar-refractivity contribution in [2.45, 2.75) is 6.54 Å². The molecule has 1 saturated heterocycles. The maximum absolute atomic E-state index is 6.26. The number of nitrogens with zero attached hydrogens (tertiary/aromatic N) is 3. The van der Waals surface area contributed by atoms with Gasteiger partial charge in [0.05, 0.1) is 7.11 Å². The Bertz CT molecular complexity index is 664. The van der Waals surface area contributed by atoms with Crippen molar-refractivity contribution in [2.75, 3.05) is 41.9 Å². The van der Waals surface area contributed by atoms with Gasteiger partial charge in [-0.05, 0) is 12.1 Å². The van der Waals surface area contributed by atoms with Crippen LogP contribution in [0.4, 0.5) is 11.6 Å². The molecular weight excluding hydrogens is 332 g/mol. The van der Waals surface area contributed by atoms with Gasteiger partial charge in [-0.25, -0.2) is 9.97 Å². The van der Waals surface area contributed by atoms with E-state index in [1.54, 1.807) is 13.4 Å². The van der Waals surface area contributed by atoms with Gasteiger partial charge >= 0.3 is 0 Å². The molecule has 0 saturated carbocycles. The van der Waals surface area contributed by atoms with Crippen molar-refractivity contribution in [1.29, 1.82) is 0 Å². The highest BCUT2D eigenvalue weighted by Gasteiger charge is 2.13. The molecule has 0 atom stereocenters. The quantitative estimate of drug-likeness (QED) is 0.892. The monoisotopic (exact) mass is 350 g/mol. The van der Waals surface area contributed by atoms with E-state index in [1.165, 1.54) is 0 Å². The van der Waals surface area contributed by atoms with Crippen LogP contribution in [0, 0.1) is 0 Å². The summed E-state index contributed by atoms with van der Waals surface area (Å²) in [6.45, 7) is 2.61. The lowest BCUT2D eigenvalue weighted by molar-refractivity contribution is 0.410. The zero-order valence-electron chi connectivity index (χ0n) is 13.0. The highest BCUT2D eigenvalue weighted by molar-refractivity contribution is 7.99. The normalized spacial score (nSPS) is 14.6. The van der Waals surface area contributed by atoms with Gasteiger partial charge in [-0.3, -0.25) is 0 Å². The topological polar surface area (TPSA) is 50.3 Å². The van der Waals surface area contributed by atoms with Gasteiger partial charge in [0.1, 0.15) is 23.7 Å². The summed E-state index contributed by atoms with van der Waals surface area (Å²) < 4.78 is 5.37. The first-order chi connectivity index (χ1) is 11.3. The van der Waals surface area contributed by atoms with E-state index < -0.39 is 0 Å². The van der Waals surface area contributed by atoms with Gasteiger partial charge in [0.15, 0.2) is 0 Å². The zero-order chi connectivity index (χ0) is 16.1. The fourth-order valence-electron chi connectivity index (χ4n) is 2.49. The minimum absolute atomic E-state index is 0.551. The number of hydrogen-bond acceptors (Lipinski definition) is 6.